The molecular formula is C22H25N3O2. The van der Waals surface area contributed by atoms with Crippen molar-refractivity contribution in [2.45, 2.75) is 6.54 Å². The average Bonchev–Trinajstić information content (AvgIpc) is 2.71. The maximum absolute atomic E-state index is 12.2. The van der Waals surface area contributed by atoms with Crippen LogP contribution >= 0.6 is 0 Å². The molecule has 2 aromatic carbocycles. The van der Waals surface area contributed by atoms with E-state index in [1.807, 2.05) is 30.3 Å². The first-order chi connectivity index (χ1) is 13.1. The molecule has 0 aliphatic heterocycles. The Bertz CT molecular complexity index is 760. The molecular weight excluding hydrogens is 338 g/mol. The van der Waals surface area contributed by atoms with Gasteiger partial charge in [-0.05, 0) is 29.8 Å². The maximum Gasteiger partial charge on any atom is 0.251 e. The fraction of sp³-hybridized carbons (Fsp3) is 0.182. The van der Waals surface area contributed by atoms with Gasteiger partial charge in [-0.2, -0.15) is 0 Å². The van der Waals surface area contributed by atoms with Crippen LogP contribution in [0.1, 0.15) is 15.9 Å². The number of rotatable bonds is 10. The summed E-state index contributed by atoms with van der Waals surface area (Å²) >= 11 is 0. The topological polar surface area (TPSA) is 61.4 Å². The van der Waals surface area contributed by atoms with Crippen LogP contribution in [0, 0.1) is 0 Å². The van der Waals surface area contributed by atoms with E-state index in [1.54, 1.807) is 41.3 Å². The van der Waals surface area contributed by atoms with Gasteiger partial charge in [0.05, 0.1) is 6.54 Å². The molecule has 0 bridgehead atoms. The van der Waals surface area contributed by atoms with Crippen LogP contribution in [-0.4, -0.2) is 36.3 Å². The molecule has 140 valence electrons. The lowest BCUT2D eigenvalue weighted by atomic mass is 10.1. The van der Waals surface area contributed by atoms with E-state index in [2.05, 4.69) is 23.8 Å². The van der Waals surface area contributed by atoms with E-state index in [-0.39, 0.29) is 18.4 Å². The molecule has 0 aliphatic carbocycles. The zero-order chi connectivity index (χ0) is 19.5. The molecule has 0 heterocycles. The van der Waals surface area contributed by atoms with Gasteiger partial charge in [-0.3, -0.25) is 9.59 Å². The predicted molar refractivity (Wildman–Crippen MR) is 110 cm³/mol. The molecule has 0 unspecified atom stereocenters. The lowest BCUT2D eigenvalue weighted by molar-refractivity contribution is -0.128. The van der Waals surface area contributed by atoms with Crippen LogP contribution in [-0.2, 0) is 11.3 Å². The Morgan fingerprint density at radius 3 is 2.15 bits per heavy atom. The van der Waals surface area contributed by atoms with Crippen LogP contribution in [0.5, 0.6) is 0 Å². The highest BCUT2D eigenvalue weighted by Crippen LogP contribution is 2.10. The highest BCUT2D eigenvalue weighted by atomic mass is 16.2. The fourth-order valence-electron chi connectivity index (χ4n) is 2.50. The molecule has 2 amide bonds. The standard InChI is InChI=1S/C22H25N3O2/c1-3-14-25(15-4-2)21(26)17-23-20-12-10-19(11-13-20)22(27)24-16-18-8-6-5-7-9-18/h3-13,23H,1-2,14-17H2,(H,24,27). The number of hydrogen-bond donors (Lipinski definition) is 2. The summed E-state index contributed by atoms with van der Waals surface area (Å²) < 4.78 is 0. The molecule has 0 aliphatic rings. The molecule has 0 saturated heterocycles. The van der Waals surface area contributed by atoms with Crippen molar-refractivity contribution in [3.05, 3.63) is 91.0 Å². The van der Waals surface area contributed by atoms with Crippen molar-refractivity contribution < 1.29 is 9.59 Å². The van der Waals surface area contributed by atoms with Gasteiger partial charge >= 0.3 is 0 Å². The zero-order valence-corrected chi connectivity index (χ0v) is 15.4. The van der Waals surface area contributed by atoms with E-state index in [4.69, 9.17) is 0 Å². The van der Waals surface area contributed by atoms with Crippen molar-refractivity contribution in [2.75, 3.05) is 25.0 Å². The van der Waals surface area contributed by atoms with Crippen molar-refractivity contribution in [1.82, 2.24) is 10.2 Å². The molecule has 0 atom stereocenters. The van der Waals surface area contributed by atoms with Crippen molar-refractivity contribution >= 4 is 17.5 Å². The van der Waals surface area contributed by atoms with Crippen molar-refractivity contribution in [3.63, 3.8) is 0 Å². The molecule has 2 N–H and O–H groups in total. The monoisotopic (exact) mass is 363 g/mol. The largest absolute Gasteiger partial charge is 0.376 e. The summed E-state index contributed by atoms with van der Waals surface area (Å²) in [5.74, 6) is -0.177. The summed E-state index contributed by atoms with van der Waals surface area (Å²) in [5, 5.41) is 5.96. The van der Waals surface area contributed by atoms with E-state index in [1.165, 1.54) is 0 Å². The highest BCUT2D eigenvalue weighted by molar-refractivity contribution is 5.94. The Hall–Kier alpha value is -3.34. The molecule has 0 radical (unpaired) electrons. The number of carbonyl (C=O) groups is 2. The highest BCUT2D eigenvalue weighted by Gasteiger charge is 2.10. The Morgan fingerprint density at radius 1 is 0.926 bits per heavy atom. The van der Waals surface area contributed by atoms with Crippen molar-refractivity contribution in [2.24, 2.45) is 0 Å². The van der Waals surface area contributed by atoms with Gasteiger partial charge in [0.25, 0.3) is 5.91 Å². The fourth-order valence-corrected chi connectivity index (χ4v) is 2.50. The van der Waals surface area contributed by atoms with Crippen LogP contribution in [0.3, 0.4) is 0 Å². The number of benzene rings is 2. The van der Waals surface area contributed by atoms with E-state index < -0.39 is 0 Å². The van der Waals surface area contributed by atoms with Gasteiger partial charge in [0, 0.05) is 30.9 Å². The zero-order valence-electron chi connectivity index (χ0n) is 15.4. The Balaban J connectivity index is 1.85. The maximum atomic E-state index is 12.2. The van der Waals surface area contributed by atoms with Gasteiger partial charge in [-0.25, -0.2) is 0 Å². The molecule has 2 rings (SSSR count). The Kier molecular flexibility index (Phi) is 7.85. The number of nitrogens with one attached hydrogen (secondary N) is 2. The summed E-state index contributed by atoms with van der Waals surface area (Å²) in [4.78, 5) is 26.1. The summed E-state index contributed by atoms with van der Waals surface area (Å²) in [6.07, 6.45) is 3.37. The minimum absolute atomic E-state index is 0.0421. The van der Waals surface area contributed by atoms with Gasteiger partial charge in [0.1, 0.15) is 0 Å². The van der Waals surface area contributed by atoms with Crippen LogP contribution in [0.4, 0.5) is 5.69 Å². The number of hydrogen-bond acceptors (Lipinski definition) is 3. The number of anilines is 1. The molecule has 27 heavy (non-hydrogen) atoms. The van der Waals surface area contributed by atoms with Crippen LogP contribution in [0.15, 0.2) is 79.9 Å². The van der Waals surface area contributed by atoms with Gasteiger partial charge in [-0.1, -0.05) is 42.5 Å². The normalized spacial score (nSPS) is 9.93. The molecule has 2 aromatic rings. The third-order valence-corrected chi connectivity index (χ3v) is 3.94. The summed E-state index contributed by atoms with van der Waals surface area (Å²) in [6, 6.07) is 16.8. The van der Waals surface area contributed by atoms with E-state index in [0.29, 0.717) is 25.2 Å². The van der Waals surface area contributed by atoms with E-state index in [9.17, 15) is 9.59 Å². The first kappa shape index (κ1) is 20.0. The number of nitrogens with zero attached hydrogens (tertiary/aromatic N) is 1. The van der Waals surface area contributed by atoms with Crippen LogP contribution in [0.25, 0.3) is 0 Å². The smallest absolute Gasteiger partial charge is 0.251 e. The van der Waals surface area contributed by atoms with E-state index >= 15 is 0 Å². The summed E-state index contributed by atoms with van der Waals surface area (Å²) in [5.41, 5.74) is 2.40. The minimum atomic E-state index is -0.135. The minimum Gasteiger partial charge on any atom is -0.376 e. The third kappa shape index (κ3) is 6.47. The second-order valence-corrected chi connectivity index (χ2v) is 5.98. The third-order valence-electron chi connectivity index (χ3n) is 3.94. The Labute approximate surface area is 160 Å². The molecule has 0 saturated carbocycles. The second kappa shape index (κ2) is 10.6. The molecule has 0 spiro atoms. The molecule has 0 fully saturated rings. The van der Waals surface area contributed by atoms with Crippen molar-refractivity contribution in [3.8, 4) is 0 Å². The predicted octanol–water partition coefficient (Wildman–Crippen LogP) is 3.23. The van der Waals surface area contributed by atoms with Gasteiger partial charge in [0.2, 0.25) is 5.91 Å². The van der Waals surface area contributed by atoms with Crippen LogP contribution in [0.2, 0.25) is 0 Å². The van der Waals surface area contributed by atoms with Crippen LogP contribution < -0.4 is 10.6 Å². The SMILES string of the molecule is C=CCN(CC=C)C(=O)CNc1ccc(C(=O)NCc2ccccc2)cc1. The quantitative estimate of drug-likeness (QED) is 0.637. The number of amides is 2. The lowest BCUT2D eigenvalue weighted by Crippen LogP contribution is -2.35. The lowest BCUT2D eigenvalue weighted by Gasteiger charge is -2.19. The summed E-state index contributed by atoms with van der Waals surface area (Å²) in [6.45, 7) is 8.92. The Morgan fingerprint density at radius 2 is 1.56 bits per heavy atom. The van der Waals surface area contributed by atoms with Gasteiger partial charge in [-0.15, -0.1) is 13.2 Å². The number of carbonyl (C=O) groups excluding carboxylic acids is 2. The molecule has 0 aromatic heterocycles. The average molecular weight is 363 g/mol. The second-order valence-electron chi connectivity index (χ2n) is 5.98. The van der Waals surface area contributed by atoms with Crippen molar-refractivity contribution in [1.29, 1.82) is 0 Å². The first-order valence-electron chi connectivity index (χ1n) is 8.79. The first-order valence-corrected chi connectivity index (χ1v) is 8.79. The van der Waals surface area contributed by atoms with E-state index in [0.717, 1.165) is 11.3 Å². The van der Waals surface area contributed by atoms with Gasteiger partial charge in [0.15, 0.2) is 0 Å². The molecule has 5 heteroatoms. The summed E-state index contributed by atoms with van der Waals surface area (Å²) in [7, 11) is 0. The molecule has 5 nitrogen and oxygen atoms in total. The van der Waals surface area contributed by atoms with Gasteiger partial charge < -0.3 is 15.5 Å².